The minimum Gasteiger partial charge on any atom is -0.323 e. The van der Waals surface area contributed by atoms with Gasteiger partial charge < -0.3 is 4.98 Å². The van der Waals surface area contributed by atoms with Gasteiger partial charge in [0.05, 0.1) is 5.69 Å². The lowest BCUT2D eigenvalue weighted by atomic mass is 10.3. The quantitative estimate of drug-likeness (QED) is 0.697. The first-order chi connectivity index (χ1) is 7.20. The highest BCUT2D eigenvalue weighted by Crippen LogP contribution is 2.08. The van der Waals surface area contributed by atoms with E-state index in [0.717, 1.165) is 4.57 Å². The van der Waals surface area contributed by atoms with Crippen molar-refractivity contribution >= 4 is 0 Å². The molecule has 1 heterocycles. The number of H-pyrrole nitrogens is 1. The van der Waals surface area contributed by atoms with Gasteiger partial charge in [-0.2, -0.15) is 0 Å². The van der Waals surface area contributed by atoms with Crippen LogP contribution in [-0.4, -0.2) is 9.55 Å². The Balaban J connectivity index is 2.76. The van der Waals surface area contributed by atoms with E-state index >= 15 is 0 Å². The molecule has 0 spiro atoms. The molecule has 1 N–H and O–H groups in total. The van der Waals surface area contributed by atoms with Crippen molar-refractivity contribution < 1.29 is 4.39 Å². The molecule has 4 nitrogen and oxygen atoms in total. The summed E-state index contributed by atoms with van der Waals surface area (Å²) >= 11 is 0. The molecule has 76 valence electrons. The number of aromatic amines is 1. The molecule has 0 bridgehead atoms. The van der Waals surface area contributed by atoms with Gasteiger partial charge >= 0.3 is 11.1 Å². The van der Waals surface area contributed by atoms with Crippen molar-refractivity contribution in [3.63, 3.8) is 0 Å². The Kier molecular flexibility index (Phi) is 2.21. The number of halogens is 1. The number of benzene rings is 1. The van der Waals surface area contributed by atoms with Crippen LogP contribution in [0.5, 0.6) is 0 Å². The van der Waals surface area contributed by atoms with E-state index in [9.17, 15) is 14.0 Å². The summed E-state index contributed by atoms with van der Waals surface area (Å²) in [6.45, 7) is 0. The maximum Gasteiger partial charge on any atom is 0.320 e. The van der Waals surface area contributed by atoms with Crippen LogP contribution in [-0.2, 0) is 0 Å². The molecule has 0 atom stereocenters. The van der Waals surface area contributed by atoms with Crippen LogP contribution in [0.2, 0.25) is 0 Å². The summed E-state index contributed by atoms with van der Waals surface area (Å²) in [5.74, 6) is -0.551. The predicted molar refractivity (Wildman–Crippen MR) is 52.6 cm³/mol. The molecule has 0 radical (unpaired) electrons. The van der Waals surface area contributed by atoms with E-state index in [-0.39, 0.29) is 5.69 Å². The minimum atomic E-state index is -0.803. The Labute approximate surface area is 83.6 Å². The van der Waals surface area contributed by atoms with Crippen LogP contribution in [0.15, 0.2) is 46.2 Å². The van der Waals surface area contributed by atoms with Crippen molar-refractivity contribution in [1.82, 2.24) is 9.55 Å². The summed E-state index contributed by atoms with van der Waals surface area (Å²) in [6, 6.07) is 5.75. The average molecular weight is 206 g/mol. The van der Waals surface area contributed by atoms with Crippen molar-refractivity contribution in [2.75, 3.05) is 0 Å². The Morgan fingerprint density at radius 3 is 2.67 bits per heavy atom. The van der Waals surface area contributed by atoms with E-state index < -0.39 is 16.9 Å². The topological polar surface area (TPSA) is 54.9 Å². The number of hydrogen-bond acceptors (Lipinski definition) is 2. The standard InChI is InChI=1S/C10H7FN2O2/c11-7-3-1-2-4-8(7)13-6-5-12-9(14)10(13)15/h1-6H,(H,12,14). The van der Waals surface area contributed by atoms with Crippen LogP contribution < -0.4 is 11.1 Å². The molecule has 0 aliphatic rings. The molecule has 1 aromatic heterocycles. The number of hydrogen-bond donors (Lipinski definition) is 1. The van der Waals surface area contributed by atoms with Gasteiger partial charge in [0.2, 0.25) is 0 Å². The highest BCUT2D eigenvalue weighted by molar-refractivity contribution is 5.32. The van der Waals surface area contributed by atoms with Gasteiger partial charge in [0.25, 0.3) is 0 Å². The van der Waals surface area contributed by atoms with Crippen LogP contribution in [0.1, 0.15) is 0 Å². The first kappa shape index (κ1) is 9.39. The van der Waals surface area contributed by atoms with Crippen molar-refractivity contribution in [2.24, 2.45) is 0 Å². The van der Waals surface area contributed by atoms with Gasteiger partial charge in [0.15, 0.2) is 0 Å². The summed E-state index contributed by atoms with van der Waals surface area (Å²) in [6.07, 6.45) is 2.60. The van der Waals surface area contributed by atoms with Gasteiger partial charge in [-0.1, -0.05) is 12.1 Å². The average Bonchev–Trinajstić information content (AvgIpc) is 2.23. The third-order valence-corrected chi connectivity index (χ3v) is 1.96. The highest BCUT2D eigenvalue weighted by atomic mass is 19.1. The second kappa shape index (κ2) is 3.53. The minimum absolute atomic E-state index is 0.0635. The predicted octanol–water partition coefficient (Wildman–Crippen LogP) is 0.665. The second-order valence-corrected chi connectivity index (χ2v) is 2.92. The molecule has 2 rings (SSSR count). The van der Waals surface area contributed by atoms with E-state index in [1.807, 2.05) is 0 Å². The zero-order valence-electron chi connectivity index (χ0n) is 7.61. The molecule has 0 aliphatic heterocycles. The van der Waals surface area contributed by atoms with Gasteiger partial charge in [-0.3, -0.25) is 14.2 Å². The number of nitrogens with zero attached hydrogens (tertiary/aromatic N) is 1. The fourth-order valence-electron chi connectivity index (χ4n) is 1.26. The molecule has 0 amide bonds. The van der Waals surface area contributed by atoms with Gasteiger partial charge in [-0.05, 0) is 12.1 Å². The summed E-state index contributed by atoms with van der Waals surface area (Å²) < 4.78 is 14.3. The molecule has 0 saturated heterocycles. The number of aromatic nitrogens is 2. The first-order valence-corrected chi connectivity index (χ1v) is 4.25. The van der Waals surface area contributed by atoms with Gasteiger partial charge in [0.1, 0.15) is 5.82 Å². The molecular formula is C10H7FN2O2. The number of para-hydroxylation sites is 1. The maximum absolute atomic E-state index is 13.3. The summed E-state index contributed by atoms with van der Waals surface area (Å²) in [4.78, 5) is 24.6. The number of rotatable bonds is 1. The lowest BCUT2D eigenvalue weighted by Gasteiger charge is -2.04. The fraction of sp³-hybridized carbons (Fsp3) is 0. The molecule has 0 fully saturated rings. The maximum atomic E-state index is 13.3. The van der Waals surface area contributed by atoms with Crippen LogP contribution in [0.3, 0.4) is 0 Å². The monoisotopic (exact) mass is 206 g/mol. The van der Waals surface area contributed by atoms with E-state index in [1.54, 1.807) is 6.07 Å². The largest absolute Gasteiger partial charge is 0.323 e. The van der Waals surface area contributed by atoms with E-state index in [0.29, 0.717) is 0 Å². The zero-order chi connectivity index (χ0) is 10.8. The third-order valence-electron chi connectivity index (χ3n) is 1.96. The first-order valence-electron chi connectivity index (χ1n) is 4.25. The SMILES string of the molecule is O=c1[nH]ccn(-c2ccccc2F)c1=O. The highest BCUT2D eigenvalue weighted by Gasteiger charge is 2.06. The van der Waals surface area contributed by atoms with E-state index in [4.69, 9.17) is 0 Å². The molecule has 5 heteroatoms. The Morgan fingerprint density at radius 1 is 1.20 bits per heavy atom. The zero-order valence-corrected chi connectivity index (χ0v) is 7.61. The van der Waals surface area contributed by atoms with E-state index in [1.165, 1.54) is 30.6 Å². The van der Waals surface area contributed by atoms with Crippen LogP contribution in [0.25, 0.3) is 5.69 Å². The van der Waals surface area contributed by atoms with E-state index in [2.05, 4.69) is 4.98 Å². The lowest BCUT2D eigenvalue weighted by molar-refractivity contribution is 0.615. The normalized spacial score (nSPS) is 10.2. The van der Waals surface area contributed by atoms with Crippen molar-refractivity contribution in [1.29, 1.82) is 0 Å². The number of nitrogens with one attached hydrogen (secondary N) is 1. The van der Waals surface area contributed by atoms with Gasteiger partial charge in [-0.15, -0.1) is 0 Å². The molecular weight excluding hydrogens is 199 g/mol. The van der Waals surface area contributed by atoms with Crippen LogP contribution in [0.4, 0.5) is 4.39 Å². The smallest absolute Gasteiger partial charge is 0.320 e. The summed E-state index contributed by atoms with van der Waals surface area (Å²) in [5, 5.41) is 0. The fourth-order valence-corrected chi connectivity index (χ4v) is 1.26. The van der Waals surface area contributed by atoms with Gasteiger partial charge in [-0.25, -0.2) is 4.39 Å². The van der Waals surface area contributed by atoms with Crippen molar-refractivity contribution in [3.8, 4) is 5.69 Å². The molecule has 2 aromatic rings. The third kappa shape index (κ3) is 1.59. The van der Waals surface area contributed by atoms with Crippen LogP contribution >= 0.6 is 0 Å². The summed E-state index contributed by atoms with van der Waals surface area (Å²) in [5.41, 5.74) is -1.52. The van der Waals surface area contributed by atoms with Crippen molar-refractivity contribution in [2.45, 2.75) is 0 Å². The Bertz CT molecular complexity index is 601. The molecule has 1 aromatic carbocycles. The van der Waals surface area contributed by atoms with Gasteiger partial charge in [0, 0.05) is 12.4 Å². The molecule has 0 saturated carbocycles. The Morgan fingerprint density at radius 2 is 1.93 bits per heavy atom. The van der Waals surface area contributed by atoms with Crippen LogP contribution in [0, 0.1) is 5.82 Å². The van der Waals surface area contributed by atoms with Crippen molar-refractivity contribution in [3.05, 3.63) is 63.2 Å². The molecule has 0 aliphatic carbocycles. The Hall–Kier alpha value is -2.17. The second-order valence-electron chi connectivity index (χ2n) is 2.92. The molecule has 0 unspecified atom stereocenters. The lowest BCUT2D eigenvalue weighted by Crippen LogP contribution is -2.34. The summed E-state index contributed by atoms with van der Waals surface area (Å²) in [7, 11) is 0. The molecule has 15 heavy (non-hydrogen) atoms.